The number of carboxylic acid groups (broad SMARTS) is 1. The number of ether oxygens (including phenoxy) is 1. The van der Waals surface area contributed by atoms with Gasteiger partial charge in [0.05, 0.1) is 0 Å². The molecule has 2 rings (SSSR count). The number of aliphatic carboxylic acids is 1. The summed E-state index contributed by atoms with van der Waals surface area (Å²) in [4.78, 5) is 22.6. The molecular formula is C16H21NO4. The summed E-state index contributed by atoms with van der Waals surface area (Å²) in [5.41, 5.74) is 0.494. The minimum atomic E-state index is -1.04. The van der Waals surface area contributed by atoms with Gasteiger partial charge in [0.25, 0.3) is 5.91 Å². The Bertz CT molecular complexity index is 495. The van der Waals surface area contributed by atoms with E-state index in [0.29, 0.717) is 23.8 Å². The van der Waals surface area contributed by atoms with Gasteiger partial charge in [0, 0.05) is 12.1 Å². The third-order valence-corrected chi connectivity index (χ3v) is 3.73. The lowest BCUT2D eigenvalue weighted by atomic mass is 9.89. The largest absolute Gasteiger partial charge is 0.482 e. The first-order chi connectivity index (χ1) is 10.1. The highest BCUT2D eigenvalue weighted by atomic mass is 16.5. The predicted molar refractivity (Wildman–Crippen MR) is 78.5 cm³/mol. The number of nitrogens with one attached hydrogen (secondary N) is 1. The van der Waals surface area contributed by atoms with Crippen LogP contribution in [0.5, 0.6) is 5.75 Å². The number of carbonyl (C=O) groups excluding carboxylic acids is 1. The Morgan fingerprint density at radius 1 is 1.24 bits per heavy atom. The lowest BCUT2D eigenvalue weighted by Gasteiger charge is -2.21. The minimum absolute atomic E-state index is 0.138. The Labute approximate surface area is 124 Å². The van der Waals surface area contributed by atoms with Crippen molar-refractivity contribution in [2.45, 2.75) is 32.1 Å². The number of hydrogen-bond donors (Lipinski definition) is 2. The summed E-state index contributed by atoms with van der Waals surface area (Å²) in [7, 11) is 0. The zero-order chi connectivity index (χ0) is 15.1. The molecule has 1 amide bonds. The fourth-order valence-corrected chi connectivity index (χ4v) is 2.60. The minimum Gasteiger partial charge on any atom is -0.482 e. The van der Waals surface area contributed by atoms with Gasteiger partial charge in [-0.2, -0.15) is 0 Å². The first-order valence-electron chi connectivity index (χ1n) is 7.38. The predicted octanol–water partition coefficient (Wildman–Crippen LogP) is 2.46. The molecule has 0 unspecified atom stereocenters. The Morgan fingerprint density at radius 3 is 2.71 bits per heavy atom. The molecule has 1 saturated carbocycles. The first kappa shape index (κ1) is 15.4. The van der Waals surface area contributed by atoms with Crippen molar-refractivity contribution in [3.05, 3.63) is 29.8 Å². The van der Waals surface area contributed by atoms with E-state index in [0.717, 1.165) is 0 Å². The molecular weight excluding hydrogens is 270 g/mol. The zero-order valence-electron chi connectivity index (χ0n) is 12.0. The Kier molecular flexibility index (Phi) is 5.60. The molecule has 0 radical (unpaired) electrons. The van der Waals surface area contributed by atoms with Crippen LogP contribution < -0.4 is 10.1 Å². The average Bonchev–Trinajstić information content (AvgIpc) is 2.52. The van der Waals surface area contributed by atoms with E-state index < -0.39 is 12.6 Å². The second kappa shape index (κ2) is 7.67. The molecule has 0 spiro atoms. The molecule has 5 nitrogen and oxygen atoms in total. The monoisotopic (exact) mass is 291 g/mol. The summed E-state index contributed by atoms with van der Waals surface area (Å²) in [5, 5.41) is 11.5. The van der Waals surface area contributed by atoms with Crippen molar-refractivity contribution in [3.63, 3.8) is 0 Å². The van der Waals surface area contributed by atoms with E-state index >= 15 is 0 Å². The number of carboxylic acids is 1. The Hall–Kier alpha value is -2.04. The van der Waals surface area contributed by atoms with Gasteiger partial charge in [-0.15, -0.1) is 0 Å². The lowest BCUT2D eigenvalue weighted by Crippen LogP contribution is -2.30. The first-order valence-corrected chi connectivity index (χ1v) is 7.38. The third kappa shape index (κ3) is 5.10. The third-order valence-electron chi connectivity index (χ3n) is 3.73. The summed E-state index contributed by atoms with van der Waals surface area (Å²) in [6.07, 6.45) is 6.16. The van der Waals surface area contributed by atoms with Crippen molar-refractivity contribution in [3.8, 4) is 5.75 Å². The van der Waals surface area contributed by atoms with Crippen LogP contribution in [-0.4, -0.2) is 30.1 Å². The van der Waals surface area contributed by atoms with E-state index in [1.54, 1.807) is 24.3 Å². The van der Waals surface area contributed by atoms with Crippen molar-refractivity contribution in [1.82, 2.24) is 5.32 Å². The molecule has 1 aromatic rings. The molecule has 21 heavy (non-hydrogen) atoms. The van der Waals surface area contributed by atoms with Gasteiger partial charge in [0.15, 0.2) is 6.61 Å². The molecule has 1 aliphatic carbocycles. The van der Waals surface area contributed by atoms with E-state index in [-0.39, 0.29) is 5.91 Å². The van der Waals surface area contributed by atoms with Gasteiger partial charge in [-0.05, 0) is 37.0 Å². The van der Waals surface area contributed by atoms with E-state index in [9.17, 15) is 9.59 Å². The topological polar surface area (TPSA) is 75.6 Å². The summed E-state index contributed by atoms with van der Waals surface area (Å²) in [6, 6.07) is 6.59. The lowest BCUT2D eigenvalue weighted by molar-refractivity contribution is -0.139. The van der Waals surface area contributed by atoms with Crippen molar-refractivity contribution >= 4 is 11.9 Å². The molecule has 0 saturated heterocycles. The molecule has 1 aliphatic rings. The maximum Gasteiger partial charge on any atom is 0.341 e. The molecule has 2 N–H and O–H groups in total. The van der Waals surface area contributed by atoms with Gasteiger partial charge >= 0.3 is 5.97 Å². The van der Waals surface area contributed by atoms with Crippen LogP contribution in [-0.2, 0) is 4.79 Å². The van der Waals surface area contributed by atoms with Gasteiger partial charge in [-0.1, -0.05) is 25.3 Å². The van der Waals surface area contributed by atoms with Gasteiger partial charge < -0.3 is 15.2 Å². The summed E-state index contributed by atoms with van der Waals surface area (Å²) >= 11 is 0. The number of rotatable bonds is 6. The van der Waals surface area contributed by atoms with Gasteiger partial charge in [0.1, 0.15) is 5.75 Å². The molecule has 0 aromatic heterocycles. The molecule has 1 fully saturated rings. The molecule has 5 heteroatoms. The SMILES string of the molecule is O=C(O)COc1cccc(C(=O)NCC2CCCCC2)c1. The van der Waals surface area contributed by atoms with Crippen LogP contribution >= 0.6 is 0 Å². The number of carbonyl (C=O) groups is 2. The smallest absolute Gasteiger partial charge is 0.341 e. The van der Waals surface area contributed by atoms with Crippen molar-refractivity contribution in [2.75, 3.05) is 13.2 Å². The molecule has 0 bridgehead atoms. The Balaban J connectivity index is 1.86. The van der Waals surface area contributed by atoms with Crippen molar-refractivity contribution in [2.24, 2.45) is 5.92 Å². The van der Waals surface area contributed by atoms with E-state index in [1.807, 2.05) is 0 Å². The van der Waals surface area contributed by atoms with Gasteiger partial charge in [0.2, 0.25) is 0 Å². The highest BCUT2D eigenvalue weighted by Crippen LogP contribution is 2.23. The van der Waals surface area contributed by atoms with Crippen LogP contribution in [0.2, 0.25) is 0 Å². The number of benzene rings is 1. The quantitative estimate of drug-likeness (QED) is 0.844. The standard InChI is InChI=1S/C16H21NO4/c18-15(19)11-21-14-8-4-7-13(9-14)16(20)17-10-12-5-2-1-3-6-12/h4,7-9,12H,1-3,5-6,10-11H2,(H,17,20)(H,18,19). The summed E-state index contributed by atoms with van der Waals surface area (Å²) in [6.45, 7) is 0.298. The normalized spacial score (nSPS) is 15.4. The number of hydrogen-bond acceptors (Lipinski definition) is 3. The van der Waals surface area contributed by atoms with E-state index in [2.05, 4.69) is 5.32 Å². The second-order valence-electron chi connectivity index (χ2n) is 5.42. The zero-order valence-corrected chi connectivity index (χ0v) is 12.0. The van der Waals surface area contributed by atoms with Crippen molar-refractivity contribution in [1.29, 1.82) is 0 Å². The Morgan fingerprint density at radius 2 is 2.00 bits per heavy atom. The highest BCUT2D eigenvalue weighted by Gasteiger charge is 2.15. The molecule has 0 atom stereocenters. The maximum atomic E-state index is 12.1. The highest BCUT2D eigenvalue weighted by molar-refractivity contribution is 5.94. The molecule has 0 heterocycles. The van der Waals surface area contributed by atoms with Crippen LogP contribution in [0.4, 0.5) is 0 Å². The van der Waals surface area contributed by atoms with Crippen molar-refractivity contribution < 1.29 is 19.4 Å². The van der Waals surface area contributed by atoms with Gasteiger partial charge in [-0.3, -0.25) is 4.79 Å². The molecule has 114 valence electrons. The summed E-state index contributed by atoms with van der Waals surface area (Å²) in [5.74, 6) is -0.208. The maximum absolute atomic E-state index is 12.1. The second-order valence-corrected chi connectivity index (χ2v) is 5.42. The summed E-state index contributed by atoms with van der Waals surface area (Å²) < 4.78 is 5.07. The average molecular weight is 291 g/mol. The molecule has 1 aromatic carbocycles. The fraction of sp³-hybridized carbons (Fsp3) is 0.500. The van der Waals surface area contributed by atoms with Crippen LogP contribution in [0.25, 0.3) is 0 Å². The van der Waals surface area contributed by atoms with E-state index in [4.69, 9.17) is 9.84 Å². The molecule has 0 aliphatic heterocycles. The number of amides is 1. The fourth-order valence-electron chi connectivity index (χ4n) is 2.60. The van der Waals surface area contributed by atoms with Crippen LogP contribution in [0, 0.1) is 5.92 Å². The van der Waals surface area contributed by atoms with Crippen LogP contribution in [0.3, 0.4) is 0 Å². The van der Waals surface area contributed by atoms with Crippen LogP contribution in [0.15, 0.2) is 24.3 Å². The van der Waals surface area contributed by atoms with E-state index in [1.165, 1.54) is 32.1 Å². The van der Waals surface area contributed by atoms with Crippen LogP contribution in [0.1, 0.15) is 42.5 Å². The van der Waals surface area contributed by atoms with Gasteiger partial charge in [-0.25, -0.2) is 4.79 Å².